The Balaban J connectivity index is 1.82. The van der Waals surface area contributed by atoms with Crippen LogP contribution in [0.2, 0.25) is 0 Å². The van der Waals surface area contributed by atoms with Gasteiger partial charge in [0, 0.05) is 43.3 Å². The van der Waals surface area contributed by atoms with Gasteiger partial charge < -0.3 is 21.3 Å². The van der Waals surface area contributed by atoms with Crippen LogP contribution in [0.5, 0.6) is 0 Å². The maximum atomic E-state index is 13.9. The number of carbonyl (C=O) groups is 2. The van der Waals surface area contributed by atoms with Gasteiger partial charge in [0.1, 0.15) is 5.82 Å². The van der Waals surface area contributed by atoms with Crippen LogP contribution in [0.1, 0.15) is 26.3 Å². The predicted molar refractivity (Wildman–Crippen MR) is 117 cm³/mol. The number of rotatable bonds is 6. The molecule has 0 saturated heterocycles. The fourth-order valence-electron chi connectivity index (χ4n) is 2.91. The molecule has 0 unspecified atom stereocenters. The van der Waals surface area contributed by atoms with E-state index in [2.05, 4.69) is 10.6 Å². The Morgan fingerprint density at radius 1 is 0.933 bits per heavy atom. The molecule has 6 nitrogen and oxygen atoms in total. The molecule has 0 fully saturated rings. The van der Waals surface area contributed by atoms with E-state index in [0.29, 0.717) is 22.5 Å². The van der Waals surface area contributed by atoms with E-state index in [9.17, 15) is 14.0 Å². The normalized spacial score (nSPS) is 10.4. The van der Waals surface area contributed by atoms with Crippen molar-refractivity contribution in [3.8, 4) is 0 Å². The van der Waals surface area contributed by atoms with Crippen LogP contribution < -0.4 is 21.3 Å². The summed E-state index contributed by atoms with van der Waals surface area (Å²) in [5.74, 6) is -1.50. The van der Waals surface area contributed by atoms with Gasteiger partial charge in [0.05, 0.1) is 5.56 Å². The number of benzene rings is 3. The van der Waals surface area contributed by atoms with E-state index in [4.69, 9.17) is 5.73 Å². The number of amides is 2. The van der Waals surface area contributed by atoms with Crippen LogP contribution in [0.3, 0.4) is 0 Å². The average Bonchev–Trinajstić information content (AvgIpc) is 2.74. The Kier molecular flexibility index (Phi) is 6.44. The summed E-state index contributed by atoms with van der Waals surface area (Å²) in [7, 11) is 3.79. The highest BCUT2D eigenvalue weighted by atomic mass is 19.1. The number of carbonyl (C=O) groups excluding carboxylic acids is 2. The van der Waals surface area contributed by atoms with Gasteiger partial charge in [-0.1, -0.05) is 24.3 Å². The number of nitrogens with one attached hydrogen (secondary N) is 2. The first-order valence-corrected chi connectivity index (χ1v) is 9.36. The van der Waals surface area contributed by atoms with Crippen molar-refractivity contribution in [3.63, 3.8) is 0 Å². The van der Waals surface area contributed by atoms with E-state index in [-0.39, 0.29) is 18.0 Å². The van der Waals surface area contributed by atoms with Crippen molar-refractivity contribution in [2.24, 2.45) is 5.73 Å². The topological polar surface area (TPSA) is 87.5 Å². The maximum Gasteiger partial charge on any atom is 0.258 e. The zero-order valence-electron chi connectivity index (χ0n) is 16.8. The SMILES string of the molecule is CN(C)c1cccc(C(=O)Nc2ccc(CN)c(NC(=O)c3ccccc3F)c2)c1. The molecule has 0 aliphatic carbocycles. The first kappa shape index (κ1) is 21.0. The lowest BCUT2D eigenvalue weighted by Crippen LogP contribution is -2.17. The molecule has 3 rings (SSSR count). The molecule has 0 aromatic heterocycles. The van der Waals surface area contributed by atoms with Gasteiger partial charge in [0.2, 0.25) is 0 Å². The standard InChI is InChI=1S/C23H23FN4O2/c1-28(2)18-7-5-6-15(12-18)22(29)26-17-11-10-16(14-25)21(13-17)27-23(30)19-8-3-4-9-20(19)24/h3-13H,14,25H2,1-2H3,(H,26,29)(H,27,30). The molecule has 3 aromatic rings. The van der Waals surface area contributed by atoms with Crippen molar-refractivity contribution in [1.29, 1.82) is 0 Å². The van der Waals surface area contributed by atoms with Gasteiger partial charge in [-0.2, -0.15) is 0 Å². The van der Waals surface area contributed by atoms with Crippen molar-refractivity contribution in [2.45, 2.75) is 6.54 Å². The molecule has 0 aliphatic rings. The minimum atomic E-state index is -0.616. The average molecular weight is 406 g/mol. The zero-order valence-corrected chi connectivity index (χ0v) is 16.8. The summed E-state index contributed by atoms with van der Waals surface area (Å²) in [6.45, 7) is 0.173. The molecular formula is C23H23FN4O2. The lowest BCUT2D eigenvalue weighted by molar-refractivity contribution is 0.101. The van der Waals surface area contributed by atoms with Crippen LogP contribution >= 0.6 is 0 Å². The second-order valence-corrected chi connectivity index (χ2v) is 6.91. The van der Waals surface area contributed by atoms with Gasteiger partial charge in [0.15, 0.2) is 0 Å². The van der Waals surface area contributed by atoms with Gasteiger partial charge in [-0.25, -0.2) is 4.39 Å². The minimum absolute atomic E-state index is 0.0737. The second-order valence-electron chi connectivity index (χ2n) is 6.91. The predicted octanol–water partition coefficient (Wildman–Crippen LogP) is 3.86. The van der Waals surface area contributed by atoms with E-state index in [1.165, 1.54) is 18.2 Å². The van der Waals surface area contributed by atoms with Crippen LogP contribution in [0.4, 0.5) is 21.5 Å². The number of hydrogen-bond donors (Lipinski definition) is 3. The van der Waals surface area contributed by atoms with E-state index in [0.717, 1.165) is 5.69 Å². The van der Waals surface area contributed by atoms with Gasteiger partial charge >= 0.3 is 0 Å². The zero-order chi connectivity index (χ0) is 21.7. The third-order valence-corrected chi connectivity index (χ3v) is 4.58. The highest BCUT2D eigenvalue weighted by molar-refractivity contribution is 6.07. The Bertz CT molecular complexity index is 1080. The first-order valence-electron chi connectivity index (χ1n) is 9.36. The molecule has 0 saturated carbocycles. The monoisotopic (exact) mass is 406 g/mol. The number of halogens is 1. The van der Waals surface area contributed by atoms with Crippen LogP contribution in [-0.2, 0) is 6.54 Å². The fourth-order valence-corrected chi connectivity index (χ4v) is 2.91. The van der Waals surface area contributed by atoms with E-state index < -0.39 is 11.7 Å². The van der Waals surface area contributed by atoms with Crippen molar-refractivity contribution in [1.82, 2.24) is 0 Å². The van der Waals surface area contributed by atoms with Gasteiger partial charge in [0.25, 0.3) is 11.8 Å². The Morgan fingerprint density at radius 2 is 1.70 bits per heavy atom. The summed E-state index contributed by atoms with van der Waals surface area (Å²) in [6, 6.07) is 18.0. The molecule has 0 bridgehead atoms. The van der Waals surface area contributed by atoms with Crippen molar-refractivity contribution in [2.75, 3.05) is 29.6 Å². The van der Waals surface area contributed by atoms with Gasteiger partial charge in [-0.15, -0.1) is 0 Å². The molecule has 30 heavy (non-hydrogen) atoms. The largest absolute Gasteiger partial charge is 0.378 e. The van der Waals surface area contributed by atoms with Crippen molar-refractivity contribution >= 4 is 28.9 Å². The lowest BCUT2D eigenvalue weighted by Gasteiger charge is -2.15. The molecule has 0 radical (unpaired) electrons. The van der Waals surface area contributed by atoms with Crippen LogP contribution in [0.15, 0.2) is 66.7 Å². The Morgan fingerprint density at radius 3 is 2.40 bits per heavy atom. The number of nitrogens with zero attached hydrogens (tertiary/aromatic N) is 1. The molecule has 0 aliphatic heterocycles. The third kappa shape index (κ3) is 4.82. The van der Waals surface area contributed by atoms with Gasteiger partial charge in [-0.3, -0.25) is 9.59 Å². The summed E-state index contributed by atoms with van der Waals surface area (Å²) >= 11 is 0. The van der Waals surface area contributed by atoms with Crippen LogP contribution in [0.25, 0.3) is 0 Å². The third-order valence-electron chi connectivity index (χ3n) is 4.58. The molecule has 3 aromatic carbocycles. The minimum Gasteiger partial charge on any atom is -0.378 e. The second kappa shape index (κ2) is 9.19. The highest BCUT2D eigenvalue weighted by Gasteiger charge is 2.14. The molecule has 4 N–H and O–H groups in total. The molecule has 0 spiro atoms. The summed E-state index contributed by atoms with van der Waals surface area (Å²) in [6.07, 6.45) is 0. The Labute approximate surface area is 174 Å². The fraction of sp³-hybridized carbons (Fsp3) is 0.130. The quantitative estimate of drug-likeness (QED) is 0.580. The van der Waals surface area contributed by atoms with E-state index >= 15 is 0 Å². The number of hydrogen-bond acceptors (Lipinski definition) is 4. The number of nitrogens with two attached hydrogens (primary N) is 1. The Hall–Kier alpha value is -3.71. The van der Waals surface area contributed by atoms with Crippen molar-refractivity contribution < 1.29 is 14.0 Å². The molecule has 0 heterocycles. The maximum absolute atomic E-state index is 13.9. The molecule has 0 atom stereocenters. The van der Waals surface area contributed by atoms with E-state index in [1.807, 2.05) is 31.1 Å². The van der Waals surface area contributed by atoms with Gasteiger partial charge in [-0.05, 0) is 48.0 Å². The lowest BCUT2D eigenvalue weighted by atomic mass is 10.1. The van der Waals surface area contributed by atoms with E-state index in [1.54, 1.807) is 36.4 Å². The number of anilines is 3. The summed E-state index contributed by atoms with van der Waals surface area (Å²) in [4.78, 5) is 27.0. The summed E-state index contributed by atoms with van der Waals surface area (Å²) in [5.41, 5.74) is 8.64. The van der Waals surface area contributed by atoms with Crippen LogP contribution in [0, 0.1) is 5.82 Å². The summed E-state index contributed by atoms with van der Waals surface area (Å²) in [5, 5.41) is 5.50. The summed E-state index contributed by atoms with van der Waals surface area (Å²) < 4.78 is 13.9. The molecule has 154 valence electrons. The molecule has 7 heteroatoms. The van der Waals surface area contributed by atoms with Crippen LogP contribution in [-0.4, -0.2) is 25.9 Å². The van der Waals surface area contributed by atoms with Crippen molar-refractivity contribution in [3.05, 3.63) is 89.2 Å². The molecular weight excluding hydrogens is 383 g/mol. The smallest absolute Gasteiger partial charge is 0.258 e. The first-order chi connectivity index (χ1) is 14.4. The highest BCUT2D eigenvalue weighted by Crippen LogP contribution is 2.23. The molecule has 2 amide bonds.